The summed E-state index contributed by atoms with van der Waals surface area (Å²) in [6.45, 7) is 0. The Morgan fingerprint density at radius 3 is 2.60 bits per heavy atom. The molecule has 0 fully saturated rings. The molecule has 5 rings (SSSR count). The summed E-state index contributed by atoms with van der Waals surface area (Å²) in [7, 11) is 2.00. The van der Waals surface area contributed by atoms with E-state index in [1.165, 1.54) is 0 Å². The van der Waals surface area contributed by atoms with Crippen LogP contribution in [0.2, 0.25) is 0 Å². The summed E-state index contributed by atoms with van der Waals surface area (Å²) in [6, 6.07) is 22.0. The lowest BCUT2D eigenvalue weighted by atomic mass is 10.1. The molecule has 1 amide bonds. The number of aryl methyl sites for hydroxylation is 1. The molecule has 5 nitrogen and oxygen atoms in total. The number of nitrogens with one attached hydrogen (secondary N) is 1. The van der Waals surface area contributed by atoms with Crippen molar-refractivity contribution >= 4 is 33.8 Å². The second kappa shape index (κ2) is 7.65. The fourth-order valence-corrected chi connectivity index (χ4v) is 4.43. The second-order valence-electron chi connectivity index (χ2n) is 7.16. The van der Waals surface area contributed by atoms with E-state index < -0.39 is 0 Å². The molecular weight excluding hydrogens is 392 g/mol. The van der Waals surface area contributed by atoms with E-state index in [1.54, 1.807) is 11.3 Å². The first-order valence-corrected chi connectivity index (χ1v) is 10.6. The average molecular weight is 413 g/mol. The molecule has 2 aromatic carbocycles. The third kappa shape index (κ3) is 3.42. The van der Waals surface area contributed by atoms with E-state index in [0.717, 1.165) is 32.7 Å². The number of carbonyl (C=O) groups is 1. The molecule has 30 heavy (non-hydrogen) atoms. The first kappa shape index (κ1) is 18.4. The van der Waals surface area contributed by atoms with Crippen molar-refractivity contribution in [3.05, 3.63) is 90.1 Å². The van der Waals surface area contributed by atoms with Gasteiger partial charge in [-0.15, -0.1) is 11.3 Å². The van der Waals surface area contributed by atoms with Crippen molar-refractivity contribution in [1.29, 1.82) is 0 Å². The van der Waals surface area contributed by atoms with Crippen molar-refractivity contribution < 1.29 is 4.79 Å². The summed E-state index contributed by atoms with van der Waals surface area (Å²) >= 11 is 1.60. The van der Waals surface area contributed by atoms with Crippen LogP contribution < -0.4 is 5.32 Å². The molecule has 1 N–H and O–H groups in total. The normalized spacial score (nSPS) is 11.1. The van der Waals surface area contributed by atoms with E-state index >= 15 is 0 Å². The molecule has 0 saturated carbocycles. The van der Waals surface area contributed by atoms with E-state index in [-0.39, 0.29) is 5.91 Å². The number of rotatable bonds is 5. The Labute approximate surface area is 178 Å². The summed E-state index contributed by atoms with van der Waals surface area (Å²) < 4.78 is 3.87. The lowest BCUT2D eigenvalue weighted by Gasteiger charge is -2.04. The Hall–Kier alpha value is -3.64. The fraction of sp³-hybridized carbons (Fsp3) is 0.0833. The predicted molar refractivity (Wildman–Crippen MR) is 122 cm³/mol. The third-order valence-corrected chi connectivity index (χ3v) is 5.97. The van der Waals surface area contributed by atoms with Gasteiger partial charge in [-0.3, -0.25) is 4.79 Å². The summed E-state index contributed by atoms with van der Waals surface area (Å²) in [5.41, 5.74) is 4.58. The summed E-state index contributed by atoms with van der Waals surface area (Å²) in [4.78, 5) is 14.0. The van der Waals surface area contributed by atoms with Crippen molar-refractivity contribution in [3.63, 3.8) is 0 Å². The van der Waals surface area contributed by atoms with Gasteiger partial charge in [0.1, 0.15) is 5.69 Å². The number of benzene rings is 2. The molecule has 3 aromatic heterocycles. The zero-order valence-electron chi connectivity index (χ0n) is 16.4. The van der Waals surface area contributed by atoms with Crippen LogP contribution in [0.5, 0.6) is 0 Å². The van der Waals surface area contributed by atoms with Crippen LogP contribution in [-0.2, 0) is 18.3 Å². The quantitative estimate of drug-likeness (QED) is 0.427. The maximum atomic E-state index is 12.9. The van der Waals surface area contributed by atoms with Gasteiger partial charge in [-0.2, -0.15) is 5.10 Å². The molecule has 148 valence electrons. The van der Waals surface area contributed by atoms with Gasteiger partial charge < -0.3 is 9.88 Å². The number of fused-ring (bicyclic) bond motifs is 1. The van der Waals surface area contributed by atoms with E-state index in [1.807, 2.05) is 84.1 Å². The van der Waals surface area contributed by atoms with Gasteiger partial charge in [0.2, 0.25) is 5.91 Å². The van der Waals surface area contributed by atoms with Crippen LogP contribution in [0.3, 0.4) is 0 Å². The number of para-hydroxylation sites is 2. The minimum atomic E-state index is -0.0585. The minimum absolute atomic E-state index is 0.0585. The molecule has 0 aliphatic carbocycles. The maximum absolute atomic E-state index is 12.9. The molecule has 0 bridgehead atoms. The van der Waals surface area contributed by atoms with Crippen molar-refractivity contribution in [2.75, 3.05) is 5.32 Å². The number of aromatic nitrogens is 3. The topological polar surface area (TPSA) is 51.9 Å². The molecule has 0 saturated heterocycles. The second-order valence-corrected chi connectivity index (χ2v) is 8.10. The zero-order valence-corrected chi connectivity index (χ0v) is 17.3. The average Bonchev–Trinajstić information content (AvgIpc) is 3.49. The van der Waals surface area contributed by atoms with Gasteiger partial charge in [0.15, 0.2) is 0 Å². The van der Waals surface area contributed by atoms with Crippen LogP contribution in [0.15, 0.2) is 84.5 Å². The van der Waals surface area contributed by atoms with Crippen LogP contribution in [0.1, 0.15) is 5.56 Å². The number of nitrogens with zero attached hydrogens (tertiary/aromatic N) is 3. The smallest absolute Gasteiger partial charge is 0.228 e. The summed E-state index contributed by atoms with van der Waals surface area (Å²) in [6.07, 6.45) is 4.21. The highest BCUT2D eigenvalue weighted by molar-refractivity contribution is 7.13. The number of thiophene rings is 1. The molecule has 0 aliphatic rings. The number of carbonyl (C=O) groups excluding carboxylic acids is 1. The predicted octanol–water partition coefficient (Wildman–Crippen LogP) is 5.27. The van der Waals surface area contributed by atoms with E-state index in [2.05, 4.69) is 22.0 Å². The van der Waals surface area contributed by atoms with Crippen molar-refractivity contribution in [2.45, 2.75) is 6.42 Å². The lowest BCUT2D eigenvalue weighted by Crippen LogP contribution is -2.14. The van der Waals surface area contributed by atoms with Gasteiger partial charge in [-0.1, -0.05) is 42.5 Å². The van der Waals surface area contributed by atoms with Crippen molar-refractivity contribution in [1.82, 2.24) is 14.3 Å². The lowest BCUT2D eigenvalue weighted by molar-refractivity contribution is -0.115. The summed E-state index contributed by atoms with van der Waals surface area (Å²) in [5, 5.41) is 10.9. The Bertz CT molecular complexity index is 1320. The molecule has 0 radical (unpaired) electrons. The van der Waals surface area contributed by atoms with E-state index in [9.17, 15) is 4.79 Å². The Kier molecular flexibility index (Phi) is 4.69. The minimum Gasteiger partial charge on any atom is -0.350 e. The van der Waals surface area contributed by atoms with Crippen molar-refractivity contribution in [2.24, 2.45) is 7.05 Å². The molecule has 0 spiro atoms. The van der Waals surface area contributed by atoms with Gasteiger partial charge in [0, 0.05) is 24.1 Å². The largest absolute Gasteiger partial charge is 0.350 e. The van der Waals surface area contributed by atoms with Gasteiger partial charge in [0.25, 0.3) is 0 Å². The van der Waals surface area contributed by atoms with Crippen LogP contribution >= 0.6 is 11.3 Å². The Morgan fingerprint density at radius 2 is 1.80 bits per heavy atom. The van der Waals surface area contributed by atoms with Crippen LogP contribution in [0, 0.1) is 0 Å². The molecule has 5 aromatic rings. The van der Waals surface area contributed by atoms with Crippen LogP contribution in [0.25, 0.3) is 27.2 Å². The molecule has 3 heterocycles. The first-order chi connectivity index (χ1) is 14.7. The highest BCUT2D eigenvalue weighted by atomic mass is 32.1. The Morgan fingerprint density at radius 1 is 1.00 bits per heavy atom. The highest BCUT2D eigenvalue weighted by Gasteiger charge is 2.17. The number of hydrogen-bond acceptors (Lipinski definition) is 3. The van der Waals surface area contributed by atoms with E-state index in [4.69, 9.17) is 5.10 Å². The van der Waals surface area contributed by atoms with Gasteiger partial charge in [-0.05, 0) is 35.2 Å². The summed E-state index contributed by atoms with van der Waals surface area (Å²) in [5.74, 6) is -0.0585. The number of amides is 1. The molecule has 0 atom stereocenters. The molecule has 6 heteroatoms. The Balaban J connectivity index is 1.46. The van der Waals surface area contributed by atoms with Crippen LogP contribution in [-0.4, -0.2) is 20.3 Å². The highest BCUT2D eigenvalue weighted by Crippen LogP contribution is 2.31. The fourth-order valence-electron chi connectivity index (χ4n) is 3.71. The maximum Gasteiger partial charge on any atom is 0.228 e. The number of hydrogen-bond donors (Lipinski definition) is 1. The van der Waals surface area contributed by atoms with Crippen LogP contribution in [0.4, 0.5) is 5.69 Å². The van der Waals surface area contributed by atoms with E-state index in [0.29, 0.717) is 12.1 Å². The first-order valence-electron chi connectivity index (χ1n) is 9.71. The van der Waals surface area contributed by atoms with Gasteiger partial charge in [0.05, 0.1) is 28.9 Å². The SMILES string of the molecule is Cn1cc(CC(=O)Nc2cn(-c3ccccc3)nc2-c2cccs2)c2ccccc21. The molecule has 0 unspecified atom stereocenters. The standard InChI is InChI=1S/C24H20N4OS/c1-27-15-17(19-10-5-6-11-21(19)27)14-23(29)25-20-16-28(18-8-3-2-4-9-18)26-24(20)22-12-7-13-30-22/h2-13,15-16H,14H2,1H3,(H,25,29). The van der Waals surface area contributed by atoms with Gasteiger partial charge >= 0.3 is 0 Å². The number of anilines is 1. The van der Waals surface area contributed by atoms with Crippen molar-refractivity contribution in [3.8, 4) is 16.3 Å². The third-order valence-electron chi connectivity index (χ3n) is 5.09. The molecular formula is C24H20N4OS. The zero-order chi connectivity index (χ0) is 20.5. The monoisotopic (exact) mass is 412 g/mol. The van der Waals surface area contributed by atoms with Gasteiger partial charge in [-0.25, -0.2) is 4.68 Å². The molecule has 0 aliphatic heterocycles.